The minimum atomic E-state index is 0.0962. The van der Waals surface area contributed by atoms with Crippen LogP contribution in [0.1, 0.15) is 24.1 Å². The van der Waals surface area contributed by atoms with Gasteiger partial charge in [0.15, 0.2) is 5.82 Å². The van der Waals surface area contributed by atoms with Crippen molar-refractivity contribution in [3.63, 3.8) is 0 Å². The lowest BCUT2D eigenvalue weighted by atomic mass is 10.1. The Morgan fingerprint density at radius 1 is 1.28 bits per heavy atom. The number of rotatable bonds is 3. The summed E-state index contributed by atoms with van der Waals surface area (Å²) < 4.78 is 0. The smallest absolute Gasteiger partial charge is 0.224 e. The molecule has 0 aliphatic carbocycles. The molecule has 0 radical (unpaired) electrons. The summed E-state index contributed by atoms with van der Waals surface area (Å²) >= 11 is 5.75. The molecule has 0 aliphatic heterocycles. The number of nitrogens with two attached hydrogens (primary N) is 1. The number of hydrogen-bond donors (Lipinski definition) is 2. The van der Waals surface area contributed by atoms with Crippen molar-refractivity contribution in [2.75, 3.05) is 11.1 Å². The SMILES string of the molecule is Cc1ccc(C(C)Nc2nc(Cl)ncc2N)cc1. The number of hydrogen-bond acceptors (Lipinski definition) is 4. The van der Waals surface area contributed by atoms with Gasteiger partial charge in [-0.05, 0) is 31.0 Å². The van der Waals surface area contributed by atoms with Crippen molar-refractivity contribution in [3.05, 3.63) is 46.9 Å². The molecule has 0 saturated heterocycles. The van der Waals surface area contributed by atoms with Crippen molar-refractivity contribution in [2.45, 2.75) is 19.9 Å². The molecule has 18 heavy (non-hydrogen) atoms. The first-order valence-electron chi connectivity index (χ1n) is 5.67. The summed E-state index contributed by atoms with van der Waals surface area (Å²) in [6, 6.07) is 8.39. The van der Waals surface area contributed by atoms with Crippen LogP contribution < -0.4 is 11.1 Å². The van der Waals surface area contributed by atoms with E-state index in [4.69, 9.17) is 17.3 Å². The van der Waals surface area contributed by atoms with E-state index < -0.39 is 0 Å². The van der Waals surface area contributed by atoms with Gasteiger partial charge in [-0.2, -0.15) is 4.98 Å². The summed E-state index contributed by atoms with van der Waals surface area (Å²) in [5.41, 5.74) is 8.67. The van der Waals surface area contributed by atoms with Gasteiger partial charge in [-0.3, -0.25) is 0 Å². The van der Waals surface area contributed by atoms with Gasteiger partial charge in [-0.15, -0.1) is 0 Å². The Morgan fingerprint density at radius 3 is 2.61 bits per heavy atom. The number of benzene rings is 1. The molecule has 94 valence electrons. The molecule has 2 rings (SSSR count). The van der Waals surface area contributed by atoms with Crippen LogP contribution >= 0.6 is 11.6 Å². The maximum atomic E-state index is 5.79. The first kappa shape index (κ1) is 12.6. The zero-order valence-corrected chi connectivity index (χ0v) is 11.1. The van der Waals surface area contributed by atoms with Crippen molar-refractivity contribution in [1.29, 1.82) is 0 Å². The summed E-state index contributed by atoms with van der Waals surface area (Å²) in [5, 5.41) is 3.41. The lowest BCUT2D eigenvalue weighted by Gasteiger charge is -2.16. The molecule has 0 bridgehead atoms. The van der Waals surface area contributed by atoms with Gasteiger partial charge >= 0.3 is 0 Å². The van der Waals surface area contributed by atoms with Crippen LogP contribution in [0.25, 0.3) is 0 Å². The number of anilines is 2. The number of halogens is 1. The molecular formula is C13H15ClN4. The van der Waals surface area contributed by atoms with Gasteiger partial charge < -0.3 is 11.1 Å². The van der Waals surface area contributed by atoms with Gasteiger partial charge in [0.25, 0.3) is 0 Å². The lowest BCUT2D eigenvalue weighted by molar-refractivity contribution is 0.872. The minimum absolute atomic E-state index is 0.0962. The van der Waals surface area contributed by atoms with E-state index in [9.17, 15) is 0 Å². The van der Waals surface area contributed by atoms with Crippen LogP contribution in [0.5, 0.6) is 0 Å². The van der Waals surface area contributed by atoms with Crippen molar-refractivity contribution in [1.82, 2.24) is 9.97 Å². The molecule has 1 aromatic carbocycles. The molecule has 2 aromatic rings. The molecule has 3 N–H and O–H groups in total. The molecular weight excluding hydrogens is 248 g/mol. The fraction of sp³-hybridized carbons (Fsp3) is 0.231. The first-order chi connectivity index (χ1) is 8.56. The molecule has 0 amide bonds. The molecule has 1 atom stereocenters. The summed E-state index contributed by atoms with van der Waals surface area (Å²) in [6.07, 6.45) is 1.50. The summed E-state index contributed by atoms with van der Waals surface area (Å²) in [4.78, 5) is 7.89. The Kier molecular flexibility index (Phi) is 3.67. The summed E-state index contributed by atoms with van der Waals surface area (Å²) in [6.45, 7) is 4.10. The third-order valence-electron chi connectivity index (χ3n) is 2.72. The van der Waals surface area contributed by atoms with E-state index in [1.165, 1.54) is 11.8 Å². The lowest BCUT2D eigenvalue weighted by Crippen LogP contribution is -2.10. The van der Waals surface area contributed by atoms with Gasteiger partial charge in [0, 0.05) is 0 Å². The van der Waals surface area contributed by atoms with Crippen LogP contribution in [0.4, 0.5) is 11.5 Å². The highest BCUT2D eigenvalue weighted by atomic mass is 35.5. The number of nitrogens with zero attached hydrogens (tertiary/aromatic N) is 2. The average molecular weight is 263 g/mol. The highest BCUT2D eigenvalue weighted by Gasteiger charge is 2.09. The molecule has 0 fully saturated rings. The molecule has 1 unspecified atom stereocenters. The fourth-order valence-corrected chi connectivity index (χ4v) is 1.76. The maximum absolute atomic E-state index is 5.79. The van der Waals surface area contributed by atoms with E-state index in [-0.39, 0.29) is 11.3 Å². The maximum Gasteiger partial charge on any atom is 0.224 e. The van der Waals surface area contributed by atoms with Crippen LogP contribution in [0, 0.1) is 6.92 Å². The van der Waals surface area contributed by atoms with E-state index in [1.807, 2.05) is 6.92 Å². The molecule has 4 nitrogen and oxygen atoms in total. The van der Waals surface area contributed by atoms with Gasteiger partial charge in [-0.25, -0.2) is 4.98 Å². The molecule has 1 heterocycles. The molecule has 1 aromatic heterocycles. The Bertz CT molecular complexity index is 539. The Labute approximate surface area is 111 Å². The third kappa shape index (κ3) is 2.90. The van der Waals surface area contributed by atoms with Gasteiger partial charge in [0.1, 0.15) is 0 Å². The Hall–Kier alpha value is -1.81. The van der Waals surface area contributed by atoms with E-state index in [1.54, 1.807) is 0 Å². The molecule has 0 saturated carbocycles. The van der Waals surface area contributed by atoms with Crippen LogP contribution in [0.15, 0.2) is 30.5 Å². The van der Waals surface area contributed by atoms with Gasteiger partial charge in [0.2, 0.25) is 5.28 Å². The number of nitrogens with one attached hydrogen (secondary N) is 1. The topological polar surface area (TPSA) is 63.8 Å². The predicted molar refractivity (Wildman–Crippen MR) is 74.7 cm³/mol. The van der Waals surface area contributed by atoms with E-state index in [0.717, 1.165) is 5.56 Å². The largest absolute Gasteiger partial charge is 0.394 e. The average Bonchev–Trinajstić information content (AvgIpc) is 2.34. The van der Waals surface area contributed by atoms with Crippen LogP contribution in [0.2, 0.25) is 5.28 Å². The number of aromatic nitrogens is 2. The van der Waals surface area contributed by atoms with Crippen molar-refractivity contribution in [2.24, 2.45) is 0 Å². The number of nitrogen functional groups attached to an aromatic ring is 1. The van der Waals surface area contributed by atoms with E-state index in [2.05, 4.69) is 46.5 Å². The minimum Gasteiger partial charge on any atom is -0.394 e. The van der Waals surface area contributed by atoms with Crippen molar-refractivity contribution in [3.8, 4) is 0 Å². The normalized spacial score (nSPS) is 12.2. The van der Waals surface area contributed by atoms with Crippen molar-refractivity contribution >= 4 is 23.1 Å². The number of aryl methyl sites for hydroxylation is 1. The third-order valence-corrected chi connectivity index (χ3v) is 2.90. The predicted octanol–water partition coefficient (Wildman–Crippen LogP) is 3.19. The summed E-state index contributed by atoms with van der Waals surface area (Å²) in [7, 11) is 0. The van der Waals surface area contributed by atoms with Crippen LogP contribution in [0.3, 0.4) is 0 Å². The highest BCUT2D eigenvalue weighted by molar-refractivity contribution is 6.28. The van der Waals surface area contributed by atoms with Crippen LogP contribution in [-0.2, 0) is 0 Å². The van der Waals surface area contributed by atoms with E-state index in [0.29, 0.717) is 11.5 Å². The summed E-state index contributed by atoms with van der Waals surface area (Å²) in [5.74, 6) is 0.558. The van der Waals surface area contributed by atoms with Gasteiger partial charge in [0.05, 0.1) is 17.9 Å². The first-order valence-corrected chi connectivity index (χ1v) is 6.05. The fourth-order valence-electron chi connectivity index (χ4n) is 1.63. The zero-order chi connectivity index (χ0) is 13.1. The Morgan fingerprint density at radius 2 is 1.94 bits per heavy atom. The van der Waals surface area contributed by atoms with Gasteiger partial charge in [-0.1, -0.05) is 29.8 Å². The molecule has 5 heteroatoms. The Balaban J connectivity index is 2.18. The second-order valence-corrected chi connectivity index (χ2v) is 4.56. The monoisotopic (exact) mass is 262 g/mol. The zero-order valence-electron chi connectivity index (χ0n) is 10.3. The highest BCUT2D eigenvalue weighted by Crippen LogP contribution is 2.22. The van der Waals surface area contributed by atoms with E-state index >= 15 is 0 Å². The standard InChI is InChI=1S/C13H15ClN4/c1-8-3-5-10(6-4-8)9(2)17-12-11(15)7-16-13(14)18-12/h3-7,9H,15H2,1-2H3,(H,16,17,18). The molecule has 0 aliphatic rings. The molecule has 0 spiro atoms. The quantitative estimate of drug-likeness (QED) is 0.834. The van der Waals surface area contributed by atoms with Crippen molar-refractivity contribution < 1.29 is 0 Å². The van der Waals surface area contributed by atoms with Crippen LogP contribution in [-0.4, -0.2) is 9.97 Å². The second-order valence-electron chi connectivity index (χ2n) is 4.22. The second kappa shape index (κ2) is 5.23.